The number of ether oxygens (including phenoxy) is 1. The zero-order valence-corrected chi connectivity index (χ0v) is 10.2. The predicted molar refractivity (Wildman–Crippen MR) is 63.9 cm³/mol. The zero-order chi connectivity index (χ0) is 12.0. The fraction of sp³-hybridized carbons (Fsp3) is 0.538. The zero-order valence-electron chi connectivity index (χ0n) is 10.2. The highest BCUT2D eigenvalue weighted by Crippen LogP contribution is 2.14. The van der Waals surface area contributed by atoms with Gasteiger partial charge in [0.05, 0.1) is 6.61 Å². The Hall–Kier alpha value is -0.930. The minimum atomic E-state index is -0.189. The van der Waals surface area contributed by atoms with Crippen LogP contribution in [0.4, 0.5) is 4.39 Å². The Morgan fingerprint density at radius 1 is 1.44 bits per heavy atom. The van der Waals surface area contributed by atoms with Crippen LogP contribution in [0, 0.1) is 5.82 Å². The van der Waals surface area contributed by atoms with Gasteiger partial charge in [-0.1, -0.05) is 19.1 Å². The lowest BCUT2D eigenvalue weighted by Gasteiger charge is -2.22. The summed E-state index contributed by atoms with van der Waals surface area (Å²) >= 11 is 0. The molecule has 16 heavy (non-hydrogen) atoms. The average molecular weight is 225 g/mol. The molecule has 0 aliphatic rings. The molecule has 0 radical (unpaired) electrons. The van der Waals surface area contributed by atoms with Gasteiger partial charge in [-0.25, -0.2) is 4.39 Å². The maximum Gasteiger partial charge on any atom is 0.123 e. The van der Waals surface area contributed by atoms with Crippen molar-refractivity contribution in [3.8, 4) is 0 Å². The van der Waals surface area contributed by atoms with Gasteiger partial charge in [-0.2, -0.15) is 0 Å². The molecule has 1 unspecified atom stereocenters. The highest BCUT2D eigenvalue weighted by atomic mass is 19.1. The first-order valence-electron chi connectivity index (χ1n) is 5.67. The van der Waals surface area contributed by atoms with Gasteiger partial charge in [-0.05, 0) is 31.0 Å². The van der Waals surface area contributed by atoms with Gasteiger partial charge in [0.15, 0.2) is 0 Å². The van der Waals surface area contributed by atoms with Crippen molar-refractivity contribution in [1.82, 2.24) is 5.32 Å². The van der Waals surface area contributed by atoms with E-state index in [-0.39, 0.29) is 11.9 Å². The SMILES string of the molecule is CCC(COC)N[C@H](C)c1cccc(F)c1. The molecule has 0 spiro atoms. The summed E-state index contributed by atoms with van der Waals surface area (Å²) in [6.07, 6.45) is 0.994. The number of benzene rings is 1. The van der Waals surface area contributed by atoms with Crippen molar-refractivity contribution in [2.24, 2.45) is 0 Å². The molecule has 90 valence electrons. The van der Waals surface area contributed by atoms with E-state index in [1.165, 1.54) is 6.07 Å². The highest BCUT2D eigenvalue weighted by molar-refractivity contribution is 5.19. The van der Waals surface area contributed by atoms with E-state index in [1.54, 1.807) is 19.2 Å². The molecule has 1 N–H and O–H groups in total. The maximum absolute atomic E-state index is 13.0. The Bertz CT molecular complexity index is 317. The molecule has 0 amide bonds. The van der Waals surface area contributed by atoms with E-state index in [0.717, 1.165) is 12.0 Å². The predicted octanol–water partition coefficient (Wildman–Crippen LogP) is 2.90. The summed E-state index contributed by atoms with van der Waals surface area (Å²) in [6, 6.07) is 7.14. The number of hydrogen-bond donors (Lipinski definition) is 1. The molecule has 1 rings (SSSR count). The van der Waals surface area contributed by atoms with Gasteiger partial charge >= 0.3 is 0 Å². The third-order valence-electron chi connectivity index (χ3n) is 2.70. The summed E-state index contributed by atoms with van der Waals surface area (Å²) in [6.45, 7) is 4.82. The van der Waals surface area contributed by atoms with Gasteiger partial charge in [0.2, 0.25) is 0 Å². The summed E-state index contributed by atoms with van der Waals surface area (Å²) < 4.78 is 18.2. The fourth-order valence-electron chi connectivity index (χ4n) is 1.71. The van der Waals surface area contributed by atoms with E-state index in [2.05, 4.69) is 12.2 Å². The molecule has 1 aromatic rings. The standard InChI is InChI=1S/C13H20FNO/c1-4-13(9-16-3)15-10(2)11-6-5-7-12(14)8-11/h5-8,10,13,15H,4,9H2,1-3H3/t10-,13?/m1/s1. The van der Waals surface area contributed by atoms with E-state index in [4.69, 9.17) is 4.74 Å². The molecule has 3 heteroatoms. The number of nitrogens with one attached hydrogen (secondary N) is 1. The molecule has 0 aromatic heterocycles. The van der Waals surface area contributed by atoms with Crippen LogP contribution in [-0.2, 0) is 4.74 Å². The second-order valence-electron chi connectivity index (χ2n) is 4.00. The van der Waals surface area contributed by atoms with Crippen molar-refractivity contribution < 1.29 is 9.13 Å². The topological polar surface area (TPSA) is 21.3 Å². The van der Waals surface area contributed by atoms with Crippen LogP contribution >= 0.6 is 0 Å². The number of methoxy groups -OCH3 is 1. The van der Waals surface area contributed by atoms with Crippen molar-refractivity contribution in [2.75, 3.05) is 13.7 Å². The fourth-order valence-corrected chi connectivity index (χ4v) is 1.71. The molecule has 0 aliphatic heterocycles. The monoisotopic (exact) mass is 225 g/mol. The minimum absolute atomic E-state index is 0.135. The van der Waals surface area contributed by atoms with Crippen LogP contribution in [-0.4, -0.2) is 19.8 Å². The molecule has 2 nitrogen and oxygen atoms in total. The van der Waals surface area contributed by atoms with Crippen molar-refractivity contribution in [3.05, 3.63) is 35.6 Å². The Balaban J connectivity index is 2.60. The first kappa shape index (κ1) is 13.1. The Morgan fingerprint density at radius 3 is 2.75 bits per heavy atom. The van der Waals surface area contributed by atoms with Crippen LogP contribution in [0.15, 0.2) is 24.3 Å². The van der Waals surface area contributed by atoms with Gasteiger partial charge < -0.3 is 10.1 Å². The van der Waals surface area contributed by atoms with Crippen molar-refractivity contribution in [1.29, 1.82) is 0 Å². The second-order valence-corrected chi connectivity index (χ2v) is 4.00. The lowest BCUT2D eigenvalue weighted by atomic mass is 10.1. The smallest absolute Gasteiger partial charge is 0.123 e. The molecule has 0 fully saturated rings. The summed E-state index contributed by atoms with van der Waals surface area (Å²) in [5.41, 5.74) is 0.967. The average Bonchev–Trinajstić information content (AvgIpc) is 2.28. The minimum Gasteiger partial charge on any atom is -0.383 e. The Kier molecular flexibility index (Phi) is 5.43. The van der Waals surface area contributed by atoms with Crippen LogP contribution in [0.3, 0.4) is 0 Å². The Morgan fingerprint density at radius 2 is 2.19 bits per heavy atom. The molecular formula is C13H20FNO. The van der Waals surface area contributed by atoms with Crippen LogP contribution < -0.4 is 5.32 Å². The quantitative estimate of drug-likeness (QED) is 0.803. The lowest BCUT2D eigenvalue weighted by Crippen LogP contribution is -2.34. The van der Waals surface area contributed by atoms with Crippen molar-refractivity contribution in [2.45, 2.75) is 32.4 Å². The molecule has 0 aliphatic carbocycles. The van der Waals surface area contributed by atoms with Crippen molar-refractivity contribution >= 4 is 0 Å². The first-order valence-corrected chi connectivity index (χ1v) is 5.67. The van der Waals surface area contributed by atoms with E-state index in [0.29, 0.717) is 12.6 Å². The van der Waals surface area contributed by atoms with Gasteiger partial charge in [0.1, 0.15) is 5.82 Å². The largest absolute Gasteiger partial charge is 0.383 e. The third kappa shape index (κ3) is 3.91. The summed E-state index contributed by atoms with van der Waals surface area (Å²) in [7, 11) is 1.69. The first-order chi connectivity index (χ1) is 7.67. The van der Waals surface area contributed by atoms with Gasteiger partial charge in [-0.15, -0.1) is 0 Å². The number of hydrogen-bond acceptors (Lipinski definition) is 2. The molecular weight excluding hydrogens is 205 g/mol. The maximum atomic E-state index is 13.0. The number of halogens is 1. The van der Waals surface area contributed by atoms with Gasteiger partial charge in [-0.3, -0.25) is 0 Å². The second kappa shape index (κ2) is 6.61. The van der Waals surface area contributed by atoms with E-state index in [9.17, 15) is 4.39 Å². The molecule has 0 heterocycles. The van der Waals surface area contributed by atoms with Crippen LogP contribution in [0.2, 0.25) is 0 Å². The summed E-state index contributed by atoms with van der Waals surface area (Å²) in [4.78, 5) is 0. The van der Waals surface area contributed by atoms with Gasteiger partial charge in [0.25, 0.3) is 0 Å². The third-order valence-corrected chi connectivity index (χ3v) is 2.70. The van der Waals surface area contributed by atoms with Crippen LogP contribution in [0.1, 0.15) is 31.9 Å². The van der Waals surface area contributed by atoms with Crippen LogP contribution in [0.25, 0.3) is 0 Å². The Labute approximate surface area is 96.8 Å². The molecule has 0 saturated carbocycles. The van der Waals surface area contributed by atoms with E-state index < -0.39 is 0 Å². The molecule has 2 atom stereocenters. The summed E-state index contributed by atoms with van der Waals surface area (Å²) in [5.74, 6) is -0.189. The van der Waals surface area contributed by atoms with Gasteiger partial charge in [0, 0.05) is 19.2 Å². The van der Waals surface area contributed by atoms with E-state index >= 15 is 0 Å². The normalized spacial score (nSPS) is 14.8. The molecule has 0 bridgehead atoms. The van der Waals surface area contributed by atoms with Crippen molar-refractivity contribution in [3.63, 3.8) is 0 Å². The molecule has 0 saturated heterocycles. The van der Waals surface area contributed by atoms with Crippen LogP contribution in [0.5, 0.6) is 0 Å². The van der Waals surface area contributed by atoms with E-state index in [1.807, 2.05) is 13.0 Å². The molecule has 1 aromatic carbocycles. The lowest BCUT2D eigenvalue weighted by molar-refractivity contribution is 0.159. The summed E-state index contributed by atoms with van der Waals surface area (Å²) in [5, 5.41) is 3.42. The highest BCUT2D eigenvalue weighted by Gasteiger charge is 2.11. The number of rotatable bonds is 6.